The van der Waals surface area contributed by atoms with Crippen LogP contribution in [-0.2, 0) is 11.2 Å². The molecule has 1 aliphatic rings. The van der Waals surface area contributed by atoms with E-state index in [-0.39, 0.29) is 12.1 Å². The quantitative estimate of drug-likeness (QED) is 0.857. The molecule has 2 heterocycles. The molecule has 20 heavy (non-hydrogen) atoms. The fourth-order valence-corrected chi connectivity index (χ4v) is 2.23. The highest BCUT2D eigenvalue weighted by Gasteiger charge is 2.28. The standard InChI is InChI=1S/C15H23N3O2/c1-10(16)11-7-8-13-12(17-11)6-5-9-18(13)14(19)20-15(2,3)4/h7-8,10H,5-6,9,16H2,1-4H3/t10-/m0/s1. The summed E-state index contributed by atoms with van der Waals surface area (Å²) in [6.45, 7) is 8.18. The van der Waals surface area contributed by atoms with Gasteiger partial charge in [-0.05, 0) is 52.7 Å². The van der Waals surface area contributed by atoms with E-state index in [2.05, 4.69) is 4.98 Å². The molecule has 0 radical (unpaired) electrons. The Hall–Kier alpha value is -1.62. The van der Waals surface area contributed by atoms with E-state index in [0.717, 1.165) is 29.9 Å². The molecule has 5 heteroatoms. The molecule has 0 saturated carbocycles. The number of carbonyl (C=O) groups excluding carboxylic acids is 1. The third-order valence-electron chi connectivity index (χ3n) is 3.14. The molecule has 2 N–H and O–H groups in total. The van der Waals surface area contributed by atoms with E-state index in [1.54, 1.807) is 4.90 Å². The van der Waals surface area contributed by atoms with Gasteiger partial charge in [0.2, 0.25) is 0 Å². The molecule has 2 rings (SSSR count). The van der Waals surface area contributed by atoms with E-state index in [9.17, 15) is 4.79 Å². The van der Waals surface area contributed by atoms with Crippen LogP contribution in [0.15, 0.2) is 12.1 Å². The summed E-state index contributed by atoms with van der Waals surface area (Å²) >= 11 is 0. The second kappa shape index (κ2) is 5.40. The van der Waals surface area contributed by atoms with Gasteiger partial charge in [0.05, 0.1) is 17.1 Å². The average Bonchev–Trinajstić information content (AvgIpc) is 2.35. The van der Waals surface area contributed by atoms with Gasteiger partial charge in [-0.3, -0.25) is 9.88 Å². The minimum absolute atomic E-state index is 0.0998. The van der Waals surface area contributed by atoms with Crippen LogP contribution in [0.4, 0.5) is 10.5 Å². The number of aromatic nitrogens is 1. The van der Waals surface area contributed by atoms with Crippen molar-refractivity contribution in [2.45, 2.75) is 52.2 Å². The first-order valence-corrected chi connectivity index (χ1v) is 7.04. The maximum absolute atomic E-state index is 12.2. The van der Waals surface area contributed by atoms with E-state index < -0.39 is 5.60 Å². The van der Waals surface area contributed by atoms with E-state index in [4.69, 9.17) is 10.5 Å². The van der Waals surface area contributed by atoms with Gasteiger partial charge in [-0.25, -0.2) is 4.79 Å². The Morgan fingerprint density at radius 2 is 2.15 bits per heavy atom. The summed E-state index contributed by atoms with van der Waals surface area (Å²) in [5, 5.41) is 0. The summed E-state index contributed by atoms with van der Waals surface area (Å²) in [5.41, 5.74) is 7.99. The van der Waals surface area contributed by atoms with Crippen LogP contribution in [0, 0.1) is 0 Å². The summed E-state index contributed by atoms with van der Waals surface area (Å²) in [5.74, 6) is 0. The molecule has 0 fully saturated rings. The number of hydrogen-bond donors (Lipinski definition) is 1. The molecule has 0 bridgehead atoms. The number of nitrogens with zero attached hydrogens (tertiary/aromatic N) is 2. The lowest BCUT2D eigenvalue weighted by molar-refractivity contribution is 0.0577. The Balaban J connectivity index is 2.27. The Morgan fingerprint density at radius 1 is 1.45 bits per heavy atom. The van der Waals surface area contributed by atoms with Crippen LogP contribution in [0.2, 0.25) is 0 Å². The number of fused-ring (bicyclic) bond motifs is 1. The third kappa shape index (κ3) is 3.28. The summed E-state index contributed by atoms with van der Waals surface area (Å²) in [6, 6.07) is 3.70. The minimum Gasteiger partial charge on any atom is -0.443 e. The molecule has 1 aliphatic heterocycles. The molecule has 1 atom stereocenters. The number of ether oxygens (including phenoxy) is 1. The summed E-state index contributed by atoms with van der Waals surface area (Å²) in [7, 11) is 0. The highest BCUT2D eigenvalue weighted by atomic mass is 16.6. The lowest BCUT2D eigenvalue weighted by atomic mass is 10.1. The predicted octanol–water partition coefficient (Wildman–Crippen LogP) is 2.79. The molecule has 1 amide bonds. The Morgan fingerprint density at radius 3 is 2.75 bits per heavy atom. The van der Waals surface area contributed by atoms with Gasteiger partial charge in [0.1, 0.15) is 5.60 Å². The SMILES string of the molecule is C[C@H](N)c1ccc2c(n1)CCCN2C(=O)OC(C)(C)C. The van der Waals surface area contributed by atoms with Gasteiger partial charge in [0.25, 0.3) is 0 Å². The molecular weight excluding hydrogens is 254 g/mol. The number of hydrogen-bond acceptors (Lipinski definition) is 4. The molecule has 0 spiro atoms. The molecule has 0 unspecified atom stereocenters. The summed E-state index contributed by atoms with van der Waals surface area (Å²) in [6.07, 6.45) is 1.45. The first-order chi connectivity index (χ1) is 9.28. The van der Waals surface area contributed by atoms with E-state index in [1.807, 2.05) is 39.8 Å². The molecule has 0 aliphatic carbocycles. The van der Waals surface area contributed by atoms with Crippen molar-refractivity contribution in [2.75, 3.05) is 11.4 Å². The molecular formula is C15H23N3O2. The minimum atomic E-state index is -0.492. The molecule has 0 aromatic carbocycles. The van der Waals surface area contributed by atoms with E-state index >= 15 is 0 Å². The number of rotatable bonds is 1. The Kier molecular flexibility index (Phi) is 3.99. The highest BCUT2D eigenvalue weighted by Crippen LogP contribution is 2.28. The lowest BCUT2D eigenvalue weighted by Gasteiger charge is -2.31. The zero-order chi connectivity index (χ0) is 14.9. The second-order valence-corrected chi connectivity index (χ2v) is 6.23. The largest absolute Gasteiger partial charge is 0.443 e. The molecule has 5 nitrogen and oxygen atoms in total. The van der Waals surface area contributed by atoms with Crippen molar-refractivity contribution in [3.8, 4) is 0 Å². The monoisotopic (exact) mass is 277 g/mol. The van der Waals surface area contributed by atoms with Crippen LogP contribution in [-0.4, -0.2) is 23.2 Å². The van der Waals surface area contributed by atoms with Crippen molar-refractivity contribution in [1.29, 1.82) is 0 Å². The summed E-state index contributed by atoms with van der Waals surface area (Å²) in [4.78, 5) is 18.5. The lowest BCUT2D eigenvalue weighted by Crippen LogP contribution is -2.40. The van der Waals surface area contributed by atoms with Crippen molar-refractivity contribution in [2.24, 2.45) is 5.73 Å². The van der Waals surface area contributed by atoms with Crippen molar-refractivity contribution in [3.63, 3.8) is 0 Å². The maximum Gasteiger partial charge on any atom is 0.414 e. The van der Waals surface area contributed by atoms with Gasteiger partial charge in [0, 0.05) is 12.6 Å². The van der Waals surface area contributed by atoms with Crippen molar-refractivity contribution in [3.05, 3.63) is 23.5 Å². The van der Waals surface area contributed by atoms with Crippen LogP contribution in [0.1, 0.15) is 51.5 Å². The fraction of sp³-hybridized carbons (Fsp3) is 0.600. The summed E-state index contributed by atoms with van der Waals surface area (Å²) < 4.78 is 5.45. The van der Waals surface area contributed by atoms with Crippen LogP contribution in [0.25, 0.3) is 0 Å². The van der Waals surface area contributed by atoms with Crippen molar-refractivity contribution < 1.29 is 9.53 Å². The first-order valence-electron chi connectivity index (χ1n) is 7.04. The highest BCUT2D eigenvalue weighted by molar-refractivity contribution is 5.89. The number of anilines is 1. The molecule has 0 saturated heterocycles. The van der Waals surface area contributed by atoms with Gasteiger partial charge in [-0.1, -0.05) is 0 Å². The smallest absolute Gasteiger partial charge is 0.414 e. The average molecular weight is 277 g/mol. The molecule has 1 aromatic heterocycles. The Bertz CT molecular complexity index is 506. The maximum atomic E-state index is 12.2. The number of carbonyl (C=O) groups is 1. The van der Waals surface area contributed by atoms with E-state index in [1.165, 1.54) is 0 Å². The molecule has 1 aromatic rings. The van der Waals surface area contributed by atoms with Crippen molar-refractivity contribution in [1.82, 2.24) is 4.98 Å². The van der Waals surface area contributed by atoms with Crippen LogP contribution in [0.3, 0.4) is 0 Å². The van der Waals surface area contributed by atoms with Gasteiger partial charge < -0.3 is 10.5 Å². The normalized spacial score (nSPS) is 16.6. The van der Waals surface area contributed by atoms with E-state index in [0.29, 0.717) is 6.54 Å². The van der Waals surface area contributed by atoms with Crippen LogP contribution in [0.5, 0.6) is 0 Å². The zero-order valence-corrected chi connectivity index (χ0v) is 12.6. The fourth-order valence-electron chi connectivity index (χ4n) is 2.23. The van der Waals surface area contributed by atoms with Gasteiger partial charge >= 0.3 is 6.09 Å². The van der Waals surface area contributed by atoms with Crippen molar-refractivity contribution >= 4 is 11.8 Å². The van der Waals surface area contributed by atoms with Crippen LogP contribution >= 0.6 is 0 Å². The van der Waals surface area contributed by atoms with Gasteiger partial charge in [-0.2, -0.15) is 0 Å². The number of amides is 1. The topological polar surface area (TPSA) is 68.5 Å². The Labute approximate surface area is 120 Å². The third-order valence-corrected chi connectivity index (χ3v) is 3.14. The van der Waals surface area contributed by atoms with Gasteiger partial charge in [-0.15, -0.1) is 0 Å². The predicted molar refractivity (Wildman–Crippen MR) is 78.7 cm³/mol. The number of nitrogens with two attached hydrogens (primary N) is 1. The first kappa shape index (κ1) is 14.8. The van der Waals surface area contributed by atoms with Crippen LogP contribution < -0.4 is 10.6 Å². The molecule has 110 valence electrons. The number of aryl methyl sites for hydroxylation is 1. The van der Waals surface area contributed by atoms with Gasteiger partial charge in [0.15, 0.2) is 0 Å². The zero-order valence-electron chi connectivity index (χ0n) is 12.6. The second-order valence-electron chi connectivity index (χ2n) is 6.23. The number of pyridine rings is 1.